The number of hydrogen-bond acceptors (Lipinski definition) is 3. The first kappa shape index (κ1) is 16.7. The fourth-order valence-corrected chi connectivity index (χ4v) is 4.62. The van der Waals surface area contributed by atoms with Gasteiger partial charge >= 0.3 is 0 Å². The van der Waals surface area contributed by atoms with Gasteiger partial charge in [-0.25, -0.2) is 8.42 Å². The normalized spacial score (nSPS) is 24.0. The molecule has 21 heavy (non-hydrogen) atoms. The van der Waals surface area contributed by atoms with Crippen molar-refractivity contribution in [2.45, 2.75) is 25.2 Å². The molecule has 1 saturated heterocycles. The molecule has 0 aliphatic carbocycles. The molecule has 2 rings (SSSR count). The number of halogens is 1. The van der Waals surface area contributed by atoms with Gasteiger partial charge in [0.2, 0.25) is 10.0 Å². The zero-order valence-electron chi connectivity index (χ0n) is 12.0. The van der Waals surface area contributed by atoms with Crippen LogP contribution in [0.1, 0.15) is 25.8 Å². The molecule has 0 bridgehead atoms. The molecule has 0 amide bonds. The van der Waals surface area contributed by atoms with Gasteiger partial charge in [-0.2, -0.15) is 4.31 Å². The molecule has 7 heteroatoms. The summed E-state index contributed by atoms with van der Waals surface area (Å²) in [5.74, 6) is 0.848. The number of sulfonamides is 1. The van der Waals surface area contributed by atoms with Crippen LogP contribution in [0, 0.1) is 11.8 Å². The predicted octanol–water partition coefficient (Wildman–Crippen LogP) is 2.64. The van der Waals surface area contributed by atoms with Crippen LogP contribution in [0.15, 0.2) is 23.1 Å². The summed E-state index contributed by atoms with van der Waals surface area (Å²) in [5, 5.41) is 0.196. The summed E-state index contributed by atoms with van der Waals surface area (Å²) in [4.78, 5) is 0.236. The first-order valence-electron chi connectivity index (χ1n) is 6.83. The van der Waals surface area contributed by atoms with Crippen molar-refractivity contribution in [1.29, 1.82) is 0 Å². The van der Waals surface area contributed by atoms with E-state index in [4.69, 9.17) is 29.6 Å². The lowest BCUT2D eigenvalue weighted by Gasteiger charge is -2.34. The maximum absolute atomic E-state index is 12.8. The molecule has 0 spiro atoms. The SMILES string of the molecule is CC1CCN(S(=O)(=O)c2cc(C(N)=S)ccc2Cl)CC1C. The largest absolute Gasteiger partial charge is 0.389 e. The minimum atomic E-state index is -3.62. The topological polar surface area (TPSA) is 63.4 Å². The van der Waals surface area contributed by atoms with Crippen molar-refractivity contribution >= 4 is 38.8 Å². The quantitative estimate of drug-likeness (QED) is 0.854. The lowest BCUT2D eigenvalue weighted by atomic mass is 9.90. The molecule has 2 N–H and O–H groups in total. The Balaban J connectivity index is 2.40. The van der Waals surface area contributed by atoms with Gasteiger partial charge in [0.1, 0.15) is 9.88 Å². The van der Waals surface area contributed by atoms with Crippen molar-refractivity contribution in [2.24, 2.45) is 17.6 Å². The van der Waals surface area contributed by atoms with E-state index in [2.05, 4.69) is 13.8 Å². The molecule has 1 heterocycles. The van der Waals surface area contributed by atoms with Crippen molar-refractivity contribution in [3.8, 4) is 0 Å². The van der Waals surface area contributed by atoms with E-state index >= 15 is 0 Å². The Morgan fingerprint density at radius 1 is 1.38 bits per heavy atom. The van der Waals surface area contributed by atoms with Crippen LogP contribution in [0.2, 0.25) is 5.02 Å². The number of rotatable bonds is 3. The number of nitrogens with two attached hydrogens (primary N) is 1. The molecule has 2 unspecified atom stereocenters. The van der Waals surface area contributed by atoms with Crippen LogP contribution in [0.5, 0.6) is 0 Å². The van der Waals surface area contributed by atoms with Crippen LogP contribution in [-0.2, 0) is 10.0 Å². The van der Waals surface area contributed by atoms with Crippen LogP contribution >= 0.6 is 23.8 Å². The Labute approximate surface area is 136 Å². The minimum Gasteiger partial charge on any atom is -0.389 e. The lowest BCUT2D eigenvalue weighted by Crippen LogP contribution is -2.42. The molecular weight excluding hydrogens is 328 g/mol. The van der Waals surface area contributed by atoms with Gasteiger partial charge in [-0.3, -0.25) is 0 Å². The van der Waals surface area contributed by atoms with Crippen molar-refractivity contribution in [3.05, 3.63) is 28.8 Å². The summed E-state index contributed by atoms with van der Waals surface area (Å²) >= 11 is 11.0. The van der Waals surface area contributed by atoms with Crippen LogP contribution in [0.4, 0.5) is 0 Å². The second-order valence-corrected chi connectivity index (χ2v) is 8.37. The highest BCUT2D eigenvalue weighted by atomic mass is 35.5. The highest BCUT2D eigenvalue weighted by Crippen LogP contribution is 2.30. The molecule has 2 atom stereocenters. The molecule has 1 fully saturated rings. The molecular formula is C14H19ClN2O2S2. The van der Waals surface area contributed by atoms with Gasteiger partial charge in [0.25, 0.3) is 0 Å². The summed E-state index contributed by atoms with van der Waals surface area (Å²) < 4.78 is 27.1. The van der Waals surface area contributed by atoms with E-state index in [1.807, 2.05) is 0 Å². The number of nitrogens with zero attached hydrogens (tertiary/aromatic N) is 1. The molecule has 1 aromatic rings. The Morgan fingerprint density at radius 2 is 2.05 bits per heavy atom. The van der Waals surface area contributed by atoms with Gasteiger partial charge in [-0.05, 0) is 30.4 Å². The number of thiocarbonyl (C=S) groups is 1. The van der Waals surface area contributed by atoms with Gasteiger partial charge in [-0.1, -0.05) is 43.7 Å². The van der Waals surface area contributed by atoms with E-state index in [1.165, 1.54) is 16.4 Å². The van der Waals surface area contributed by atoms with Crippen molar-refractivity contribution in [1.82, 2.24) is 4.31 Å². The van der Waals surface area contributed by atoms with E-state index < -0.39 is 10.0 Å². The predicted molar refractivity (Wildman–Crippen MR) is 89.0 cm³/mol. The third kappa shape index (κ3) is 3.39. The Morgan fingerprint density at radius 3 is 2.62 bits per heavy atom. The van der Waals surface area contributed by atoms with Gasteiger partial charge in [0.05, 0.1) is 5.02 Å². The molecule has 116 valence electrons. The Kier molecular flexibility index (Phi) is 4.92. The second kappa shape index (κ2) is 6.20. The Bertz CT molecular complexity index is 661. The zero-order valence-corrected chi connectivity index (χ0v) is 14.4. The molecule has 4 nitrogen and oxygen atoms in total. The lowest BCUT2D eigenvalue weighted by molar-refractivity contribution is 0.212. The number of benzene rings is 1. The molecule has 1 aliphatic rings. The zero-order chi connectivity index (χ0) is 15.8. The molecule has 0 aromatic heterocycles. The summed E-state index contributed by atoms with van der Waals surface area (Å²) in [6.07, 6.45) is 0.854. The van der Waals surface area contributed by atoms with E-state index in [9.17, 15) is 8.42 Å². The number of piperidine rings is 1. The van der Waals surface area contributed by atoms with E-state index in [0.29, 0.717) is 30.5 Å². The third-order valence-electron chi connectivity index (χ3n) is 4.13. The summed E-state index contributed by atoms with van der Waals surface area (Å²) in [7, 11) is -3.62. The average Bonchev–Trinajstić information content (AvgIpc) is 2.41. The third-order valence-corrected chi connectivity index (χ3v) is 6.71. The summed E-state index contributed by atoms with van der Waals surface area (Å²) in [6, 6.07) is 4.62. The molecule has 1 aliphatic heterocycles. The van der Waals surface area contributed by atoms with Crippen LogP contribution in [0.25, 0.3) is 0 Å². The van der Waals surface area contributed by atoms with Gasteiger partial charge < -0.3 is 5.73 Å². The maximum Gasteiger partial charge on any atom is 0.244 e. The monoisotopic (exact) mass is 346 g/mol. The van der Waals surface area contributed by atoms with Crippen LogP contribution in [0.3, 0.4) is 0 Å². The molecule has 1 aromatic carbocycles. The highest BCUT2D eigenvalue weighted by Gasteiger charge is 2.33. The smallest absolute Gasteiger partial charge is 0.244 e. The standard InChI is InChI=1S/C14H19ClN2O2S2/c1-9-5-6-17(8-10(9)2)21(18,19)13-7-11(14(16)20)3-4-12(13)15/h3-4,7,9-10H,5-6,8H2,1-2H3,(H2,16,20). The van der Waals surface area contributed by atoms with Gasteiger partial charge in [-0.15, -0.1) is 0 Å². The summed E-state index contributed by atoms with van der Waals surface area (Å²) in [6.45, 7) is 5.24. The van der Waals surface area contributed by atoms with E-state index in [-0.39, 0.29) is 14.9 Å². The van der Waals surface area contributed by atoms with E-state index in [1.54, 1.807) is 6.07 Å². The minimum absolute atomic E-state index is 0.0798. The maximum atomic E-state index is 12.8. The second-order valence-electron chi connectivity index (χ2n) is 5.62. The van der Waals surface area contributed by atoms with Crippen LogP contribution < -0.4 is 5.73 Å². The first-order valence-corrected chi connectivity index (χ1v) is 9.05. The van der Waals surface area contributed by atoms with Gasteiger partial charge in [0, 0.05) is 18.7 Å². The van der Waals surface area contributed by atoms with Crippen LogP contribution in [-0.4, -0.2) is 30.8 Å². The Hall–Kier alpha value is -0.690. The summed E-state index contributed by atoms with van der Waals surface area (Å²) in [5.41, 5.74) is 6.08. The first-order chi connectivity index (χ1) is 9.73. The van der Waals surface area contributed by atoms with Crippen molar-refractivity contribution < 1.29 is 8.42 Å². The number of hydrogen-bond donors (Lipinski definition) is 1. The molecule has 0 radical (unpaired) electrons. The molecule has 0 saturated carbocycles. The highest BCUT2D eigenvalue weighted by molar-refractivity contribution is 7.89. The average molecular weight is 347 g/mol. The van der Waals surface area contributed by atoms with Crippen molar-refractivity contribution in [2.75, 3.05) is 13.1 Å². The fourth-order valence-electron chi connectivity index (χ4n) is 2.44. The van der Waals surface area contributed by atoms with Crippen molar-refractivity contribution in [3.63, 3.8) is 0 Å². The van der Waals surface area contributed by atoms with E-state index in [0.717, 1.165) is 6.42 Å². The van der Waals surface area contributed by atoms with Gasteiger partial charge in [0.15, 0.2) is 0 Å². The fraction of sp³-hybridized carbons (Fsp3) is 0.500.